The lowest BCUT2D eigenvalue weighted by atomic mass is 10.00. The van der Waals surface area contributed by atoms with E-state index < -0.39 is 6.17 Å². The number of aliphatic imine (C=N–C) groups is 1. The van der Waals surface area contributed by atoms with Crippen molar-refractivity contribution in [1.29, 1.82) is 0 Å². The molecule has 0 amide bonds. The fourth-order valence-corrected chi connectivity index (χ4v) is 1.51. The van der Waals surface area contributed by atoms with Crippen molar-refractivity contribution in [3.05, 3.63) is 0 Å². The molecule has 1 atom stereocenters. The molecule has 84 valence electrons. The molecule has 0 bridgehead atoms. The van der Waals surface area contributed by atoms with E-state index in [-0.39, 0.29) is 0 Å². The van der Waals surface area contributed by atoms with E-state index in [4.69, 9.17) is 0 Å². The first-order valence-corrected chi connectivity index (χ1v) is 5.71. The topological polar surface area (TPSA) is 12.4 Å². The highest BCUT2D eigenvalue weighted by atomic mass is 19.1. The number of nitrogens with zero attached hydrogens (tertiary/aromatic N) is 1. The van der Waals surface area contributed by atoms with Crippen LogP contribution in [0.15, 0.2) is 4.99 Å². The molecule has 0 saturated heterocycles. The molecule has 0 aliphatic carbocycles. The molecule has 0 spiro atoms. The van der Waals surface area contributed by atoms with Gasteiger partial charge < -0.3 is 0 Å². The lowest BCUT2D eigenvalue weighted by molar-refractivity contribution is 0.354. The molecule has 0 aliphatic heterocycles. The molecule has 0 heterocycles. The Kier molecular flexibility index (Phi) is 7.73. The predicted molar refractivity (Wildman–Crippen MR) is 61.9 cm³/mol. The smallest absolute Gasteiger partial charge is 0.138 e. The second-order valence-electron chi connectivity index (χ2n) is 4.27. The van der Waals surface area contributed by atoms with E-state index in [1.807, 2.05) is 13.8 Å². The number of hydrogen-bond acceptors (Lipinski definition) is 1. The maximum atomic E-state index is 13.6. The van der Waals surface area contributed by atoms with Crippen LogP contribution in [-0.2, 0) is 0 Å². The number of hydrogen-bond donors (Lipinski definition) is 0. The molecule has 0 fully saturated rings. The zero-order chi connectivity index (χ0) is 11.0. The molecule has 0 aromatic heterocycles. The largest absolute Gasteiger partial charge is 0.294 e. The SMILES string of the molecule is CCCCCC(=NC)[C@H](F)CC(C)C. The predicted octanol–water partition coefficient (Wildman–Crippen LogP) is 4.02. The Hall–Kier alpha value is -0.400. The van der Waals surface area contributed by atoms with E-state index in [2.05, 4.69) is 11.9 Å². The van der Waals surface area contributed by atoms with Crippen LogP contribution >= 0.6 is 0 Å². The third-order valence-corrected chi connectivity index (χ3v) is 2.36. The zero-order valence-electron chi connectivity index (χ0n) is 10.0. The van der Waals surface area contributed by atoms with Gasteiger partial charge in [-0.2, -0.15) is 0 Å². The maximum absolute atomic E-state index is 13.6. The fraction of sp³-hybridized carbons (Fsp3) is 0.917. The van der Waals surface area contributed by atoms with Crippen LogP contribution in [0, 0.1) is 5.92 Å². The summed E-state index contributed by atoms with van der Waals surface area (Å²) in [6.45, 7) is 6.25. The highest BCUT2D eigenvalue weighted by Gasteiger charge is 2.15. The summed E-state index contributed by atoms with van der Waals surface area (Å²) in [4.78, 5) is 4.05. The van der Waals surface area contributed by atoms with Crippen molar-refractivity contribution < 1.29 is 4.39 Å². The summed E-state index contributed by atoms with van der Waals surface area (Å²) in [5.74, 6) is 0.410. The van der Waals surface area contributed by atoms with Crippen LogP contribution in [0.5, 0.6) is 0 Å². The Morgan fingerprint density at radius 1 is 1.29 bits per heavy atom. The molecule has 14 heavy (non-hydrogen) atoms. The summed E-state index contributed by atoms with van der Waals surface area (Å²) in [5, 5.41) is 0. The van der Waals surface area contributed by atoms with Gasteiger partial charge in [0.25, 0.3) is 0 Å². The number of alkyl halides is 1. The maximum Gasteiger partial charge on any atom is 0.138 e. The van der Waals surface area contributed by atoms with Gasteiger partial charge in [-0.05, 0) is 25.2 Å². The number of rotatable bonds is 7. The summed E-state index contributed by atoms with van der Waals surface area (Å²) in [7, 11) is 1.70. The highest BCUT2D eigenvalue weighted by Crippen LogP contribution is 2.13. The molecule has 2 heteroatoms. The monoisotopic (exact) mass is 201 g/mol. The molecule has 1 nitrogen and oxygen atoms in total. The van der Waals surface area contributed by atoms with Crippen molar-refractivity contribution in [3.8, 4) is 0 Å². The first-order chi connectivity index (χ1) is 6.61. The van der Waals surface area contributed by atoms with Gasteiger partial charge in [-0.1, -0.05) is 33.6 Å². The van der Waals surface area contributed by atoms with Crippen LogP contribution in [0.1, 0.15) is 52.9 Å². The Morgan fingerprint density at radius 2 is 1.93 bits per heavy atom. The summed E-state index contributed by atoms with van der Waals surface area (Å²) in [6, 6.07) is 0. The van der Waals surface area contributed by atoms with Gasteiger partial charge in [0.1, 0.15) is 6.17 Å². The van der Waals surface area contributed by atoms with E-state index in [1.54, 1.807) is 7.05 Å². The summed E-state index contributed by atoms with van der Waals surface area (Å²) >= 11 is 0. The van der Waals surface area contributed by atoms with Crippen molar-refractivity contribution >= 4 is 5.71 Å². The summed E-state index contributed by atoms with van der Waals surface area (Å²) < 4.78 is 13.6. The van der Waals surface area contributed by atoms with Gasteiger partial charge >= 0.3 is 0 Å². The summed E-state index contributed by atoms with van der Waals surface area (Å²) in [5.41, 5.74) is 0.757. The van der Waals surface area contributed by atoms with Crippen LogP contribution in [0.4, 0.5) is 4.39 Å². The molecule has 0 aromatic rings. The van der Waals surface area contributed by atoms with Crippen molar-refractivity contribution in [2.75, 3.05) is 7.05 Å². The summed E-state index contributed by atoms with van der Waals surface area (Å²) in [6.07, 6.45) is 4.04. The van der Waals surface area contributed by atoms with Gasteiger partial charge in [0.05, 0.1) is 0 Å². The molecule has 0 unspecified atom stereocenters. The van der Waals surface area contributed by atoms with Crippen LogP contribution in [-0.4, -0.2) is 18.9 Å². The van der Waals surface area contributed by atoms with Gasteiger partial charge in [0.15, 0.2) is 0 Å². The Morgan fingerprint density at radius 3 is 2.36 bits per heavy atom. The average Bonchev–Trinajstić information content (AvgIpc) is 2.11. The fourth-order valence-electron chi connectivity index (χ4n) is 1.51. The van der Waals surface area contributed by atoms with Gasteiger partial charge in [0, 0.05) is 12.8 Å². The minimum atomic E-state index is -0.822. The molecule has 0 aromatic carbocycles. The van der Waals surface area contributed by atoms with E-state index in [0.29, 0.717) is 12.3 Å². The quantitative estimate of drug-likeness (QED) is 0.436. The van der Waals surface area contributed by atoms with Crippen LogP contribution in [0.25, 0.3) is 0 Å². The van der Waals surface area contributed by atoms with Crippen LogP contribution < -0.4 is 0 Å². The second kappa shape index (κ2) is 7.95. The number of halogens is 1. The standard InChI is InChI=1S/C12H24FN/c1-5-6-7-8-12(14-4)11(13)9-10(2)3/h10-11H,5-9H2,1-4H3/t11-/m1/s1. The minimum Gasteiger partial charge on any atom is -0.294 e. The second-order valence-corrected chi connectivity index (χ2v) is 4.27. The molecular formula is C12H24FN. The Bertz CT molecular complexity index is 164. The van der Waals surface area contributed by atoms with Crippen LogP contribution in [0.2, 0.25) is 0 Å². The highest BCUT2D eigenvalue weighted by molar-refractivity contribution is 5.88. The Labute approximate surface area is 87.8 Å². The first kappa shape index (κ1) is 13.6. The average molecular weight is 201 g/mol. The molecule has 0 rings (SSSR count). The van der Waals surface area contributed by atoms with Gasteiger partial charge in [-0.3, -0.25) is 4.99 Å². The molecule has 0 N–H and O–H groups in total. The van der Waals surface area contributed by atoms with Crippen LogP contribution in [0.3, 0.4) is 0 Å². The first-order valence-electron chi connectivity index (χ1n) is 5.71. The molecular weight excluding hydrogens is 177 g/mol. The van der Waals surface area contributed by atoms with Crippen molar-refractivity contribution in [1.82, 2.24) is 0 Å². The van der Waals surface area contributed by atoms with E-state index >= 15 is 0 Å². The van der Waals surface area contributed by atoms with Gasteiger partial charge in [-0.25, -0.2) is 4.39 Å². The zero-order valence-corrected chi connectivity index (χ0v) is 10.0. The normalized spacial score (nSPS) is 14.9. The number of unbranched alkanes of at least 4 members (excludes halogenated alkanes) is 2. The van der Waals surface area contributed by atoms with E-state index in [0.717, 1.165) is 18.6 Å². The van der Waals surface area contributed by atoms with Gasteiger partial charge in [0.2, 0.25) is 0 Å². The third kappa shape index (κ3) is 6.11. The van der Waals surface area contributed by atoms with Crippen molar-refractivity contribution in [3.63, 3.8) is 0 Å². The van der Waals surface area contributed by atoms with Crippen molar-refractivity contribution in [2.45, 2.75) is 59.0 Å². The van der Waals surface area contributed by atoms with Gasteiger partial charge in [-0.15, -0.1) is 0 Å². The lowest BCUT2D eigenvalue weighted by Gasteiger charge is -2.13. The Balaban J connectivity index is 3.88. The van der Waals surface area contributed by atoms with E-state index in [1.165, 1.54) is 12.8 Å². The molecule has 0 radical (unpaired) electrons. The molecule has 0 aliphatic rings. The third-order valence-electron chi connectivity index (χ3n) is 2.36. The lowest BCUT2D eigenvalue weighted by Crippen LogP contribution is -2.18. The van der Waals surface area contributed by atoms with Crippen molar-refractivity contribution in [2.24, 2.45) is 10.9 Å². The molecule has 0 saturated carbocycles. The minimum absolute atomic E-state index is 0.410. The van der Waals surface area contributed by atoms with E-state index in [9.17, 15) is 4.39 Å².